The van der Waals surface area contributed by atoms with Crippen molar-refractivity contribution in [2.24, 2.45) is 12.8 Å². The van der Waals surface area contributed by atoms with E-state index in [0.29, 0.717) is 5.75 Å². The van der Waals surface area contributed by atoms with Crippen LogP contribution in [0.3, 0.4) is 0 Å². The van der Waals surface area contributed by atoms with Gasteiger partial charge in [0.1, 0.15) is 0 Å². The van der Waals surface area contributed by atoms with E-state index in [4.69, 9.17) is 5.73 Å². The van der Waals surface area contributed by atoms with Crippen LogP contribution in [0.25, 0.3) is 0 Å². The smallest absolute Gasteiger partial charge is 0.235 e. The number of nitrogens with zero attached hydrogens (tertiary/aromatic N) is 2. The zero-order valence-corrected chi connectivity index (χ0v) is 9.97. The Kier molecular flexibility index (Phi) is 4.16. The van der Waals surface area contributed by atoms with Crippen LogP contribution in [-0.4, -0.2) is 34.5 Å². The van der Waals surface area contributed by atoms with Crippen molar-refractivity contribution in [3.05, 3.63) is 11.8 Å². The fourth-order valence-electron chi connectivity index (χ4n) is 1.20. The molecule has 0 aromatic carbocycles. The Labute approximate surface area is 93.4 Å². The van der Waals surface area contributed by atoms with E-state index < -0.39 is 0 Å². The van der Waals surface area contributed by atoms with Crippen LogP contribution in [0.15, 0.2) is 11.1 Å². The summed E-state index contributed by atoms with van der Waals surface area (Å²) in [6.07, 6.45) is 0. The maximum Gasteiger partial charge on any atom is 0.235 e. The van der Waals surface area contributed by atoms with Gasteiger partial charge in [-0.2, -0.15) is 5.10 Å². The fourth-order valence-corrected chi connectivity index (χ4v) is 2.35. The molecule has 5 nitrogen and oxygen atoms in total. The Morgan fingerprint density at radius 2 is 2.47 bits per heavy atom. The van der Waals surface area contributed by atoms with Gasteiger partial charge in [0.15, 0.2) is 0 Å². The number of carbonyl (C=O) groups excluding carboxylic acids is 1. The van der Waals surface area contributed by atoms with Gasteiger partial charge in [-0.1, -0.05) is 0 Å². The second-order valence-electron chi connectivity index (χ2n) is 3.30. The third-order valence-electron chi connectivity index (χ3n) is 2.05. The van der Waals surface area contributed by atoms with E-state index in [1.807, 2.05) is 20.0 Å². The van der Waals surface area contributed by atoms with E-state index in [1.54, 1.807) is 23.5 Å². The Hall–Kier alpha value is -1.01. The zero-order chi connectivity index (χ0) is 11.4. The second kappa shape index (κ2) is 5.18. The molecule has 0 aliphatic rings. The lowest BCUT2D eigenvalue weighted by atomic mass is 10.3. The van der Waals surface area contributed by atoms with Gasteiger partial charge in [-0.05, 0) is 20.0 Å². The molecule has 0 aliphatic carbocycles. The van der Waals surface area contributed by atoms with Crippen molar-refractivity contribution in [2.75, 3.05) is 12.8 Å². The van der Waals surface area contributed by atoms with Crippen molar-refractivity contribution in [3.63, 3.8) is 0 Å². The summed E-state index contributed by atoms with van der Waals surface area (Å²) < 4.78 is 1.80. The second-order valence-corrected chi connectivity index (χ2v) is 4.34. The summed E-state index contributed by atoms with van der Waals surface area (Å²) in [4.78, 5) is 11.0. The molecule has 1 heterocycles. The van der Waals surface area contributed by atoms with Crippen molar-refractivity contribution >= 4 is 17.7 Å². The number of thioether (sulfide) groups is 1. The van der Waals surface area contributed by atoms with E-state index >= 15 is 0 Å². The van der Waals surface area contributed by atoms with Crippen LogP contribution < -0.4 is 11.1 Å². The summed E-state index contributed by atoms with van der Waals surface area (Å²) in [5.41, 5.74) is 6.19. The molecule has 1 aromatic heterocycles. The summed E-state index contributed by atoms with van der Waals surface area (Å²) >= 11 is 1.57. The van der Waals surface area contributed by atoms with Crippen molar-refractivity contribution in [2.45, 2.75) is 18.0 Å². The monoisotopic (exact) mass is 228 g/mol. The number of aryl methyl sites for hydroxylation is 2. The minimum atomic E-state index is -0.330. The molecule has 0 saturated carbocycles. The number of primary amides is 1. The lowest BCUT2D eigenvalue weighted by Crippen LogP contribution is -2.41. The molecule has 0 bridgehead atoms. The molecular formula is C9H16N4OS. The van der Waals surface area contributed by atoms with Crippen LogP contribution in [-0.2, 0) is 11.8 Å². The van der Waals surface area contributed by atoms with Crippen LogP contribution >= 0.6 is 11.8 Å². The first-order valence-corrected chi connectivity index (χ1v) is 5.63. The Balaban J connectivity index is 2.56. The molecule has 84 valence electrons. The van der Waals surface area contributed by atoms with Crippen LogP contribution in [0.5, 0.6) is 0 Å². The summed E-state index contributed by atoms with van der Waals surface area (Å²) in [5, 5.41) is 8.13. The zero-order valence-electron chi connectivity index (χ0n) is 9.15. The molecule has 0 saturated heterocycles. The fraction of sp³-hybridized carbons (Fsp3) is 0.556. The highest BCUT2D eigenvalue weighted by Gasteiger charge is 2.14. The van der Waals surface area contributed by atoms with Crippen LogP contribution in [0.2, 0.25) is 0 Å². The third kappa shape index (κ3) is 3.24. The number of rotatable bonds is 5. The normalized spacial score (nSPS) is 12.7. The van der Waals surface area contributed by atoms with E-state index in [9.17, 15) is 4.79 Å². The van der Waals surface area contributed by atoms with Gasteiger partial charge in [-0.25, -0.2) is 0 Å². The van der Waals surface area contributed by atoms with Gasteiger partial charge in [0.05, 0.1) is 16.8 Å². The average Bonchev–Trinajstić information content (AvgIpc) is 2.45. The van der Waals surface area contributed by atoms with Gasteiger partial charge in [0, 0.05) is 12.8 Å². The highest BCUT2D eigenvalue weighted by molar-refractivity contribution is 7.99. The number of carbonyl (C=O) groups is 1. The molecule has 6 heteroatoms. The number of hydrogen-bond donors (Lipinski definition) is 2. The number of nitrogens with one attached hydrogen (secondary N) is 1. The largest absolute Gasteiger partial charge is 0.368 e. The van der Waals surface area contributed by atoms with Crippen LogP contribution in [0.1, 0.15) is 5.69 Å². The first-order chi connectivity index (χ1) is 7.04. The highest BCUT2D eigenvalue weighted by atomic mass is 32.2. The SMILES string of the molecule is CNC(CSc1cc(C)nn1C)C(N)=O. The number of likely N-dealkylation sites (N-methyl/N-ethyl adjacent to an activating group) is 1. The van der Waals surface area contributed by atoms with Crippen molar-refractivity contribution < 1.29 is 4.79 Å². The lowest BCUT2D eigenvalue weighted by molar-refractivity contribution is -0.119. The van der Waals surface area contributed by atoms with Crippen LogP contribution in [0, 0.1) is 6.92 Å². The highest BCUT2D eigenvalue weighted by Crippen LogP contribution is 2.18. The Bertz CT molecular complexity index is 350. The predicted molar refractivity (Wildman–Crippen MR) is 60.7 cm³/mol. The summed E-state index contributed by atoms with van der Waals surface area (Å²) in [5.74, 6) is 0.286. The van der Waals surface area contributed by atoms with Gasteiger partial charge in [0.2, 0.25) is 5.91 Å². The molecule has 0 radical (unpaired) electrons. The first kappa shape index (κ1) is 12.1. The van der Waals surface area contributed by atoms with Crippen molar-refractivity contribution in [3.8, 4) is 0 Å². The Morgan fingerprint density at radius 3 is 2.87 bits per heavy atom. The molecule has 1 rings (SSSR count). The maximum atomic E-state index is 11.0. The number of hydrogen-bond acceptors (Lipinski definition) is 4. The molecule has 0 aliphatic heterocycles. The van der Waals surface area contributed by atoms with E-state index in [-0.39, 0.29) is 11.9 Å². The third-order valence-corrected chi connectivity index (χ3v) is 3.23. The summed E-state index contributed by atoms with van der Waals surface area (Å²) in [6.45, 7) is 1.94. The summed E-state index contributed by atoms with van der Waals surface area (Å²) in [6, 6.07) is 1.68. The molecule has 0 fully saturated rings. The molecule has 1 atom stereocenters. The van der Waals surface area contributed by atoms with Crippen molar-refractivity contribution in [1.29, 1.82) is 0 Å². The number of amides is 1. The summed E-state index contributed by atoms with van der Waals surface area (Å²) in [7, 11) is 3.61. The predicted octanol–water partition coefficient (Wildman–Crippen LogP) is -0.106. The van der Waals surface area contributed by atoms with Gasteiger partial charge in [-0.15, -0.1) is 11.8 Å². The Morgan fingerprint density at radius 1 is 1.80 bits per heavy atom. The lowest BCUT2D eigenvalue weighted by Gasteiger charge is -2.11. The first-order valence-electron chi connectivity index (χ1n) is 4.64. The molecule has 1 unspecified atom stereocenters. The number of nitrogens with two attached hydrogens (primary N) is 1. The van der Waals surface area contributed by atoms with Gasteiger partial charge >= 0.3 is 0 Å². The molecule has 1 aromatic rings. The van der Waals surface area contributed by atoms with Gasteiger partial charge in [0.25, 0.3) is 0 Å². The molecule has 15 heavy (non-hydrogen) atoms. The van der Waals surface area contributed by atoms with Gasteiger partial charge < -0.3 is 11.1 Å². The van der Waals surface area contributed by atoms with Gasteiger partial charge in [-0.3, -0.25) is 9.48 Å². The average molecular weight is 228 g/mol. The standard InChI is InChI=1S/C9H16N4OS/c1-6-4-8(13(3)12-6)15-5-7(11-2)9(10)14/h4,7,11H,5H2,1-3H3,(H2,10,14). The topological polar surface area (TPSA) is 72.9 Å². The van der Waals surface area contributed by atoms with E-state index in [2.05, 4.69) is 10.4 Å². The quantitative estimate of drug-likeness (QED) is 0.690. The van der Waals surface area contributed by atoms with E-state index in [0.717, 1.165) is 10.7 Å². The molecular weight excluding hydrogens is 212 g/mol. The molecule has 1 amide bonds. The maximum absolute atomic E-state index is 11.0. The minimum absolute atomic E-state index is 0.301. The van der Waals surface area contributed by atoms with Crippen molar-refractivity contribution in [1.82, 2.24) is 15.1 Å². The molecule has 3 N–H and O–H groups in total. The molecule has 0 spiro atoms. The van der Waals surface area contributed by atoms with E-state index in [1.165, 1.54) is 0 Å². The van der Waals surface area contributed by atoms with Crippen LogP contribution in [0.4, 0.5) is 0 Å². The number of aromatic nitrogens is 2. The minimum Gasteiger partial charge on any atom is -0.368 e.